The quantitative estimate of drug-likeness (QED) is 0.875. The number of thiophene rings is 1. The lowest BCUT2D eigenvalue weighted by atomic mass is 10.1. The minimum absolute atomic E-state index is 0.307. The zero-order chi connectivity index (χ0) is 12.6. The van der Waals surface area contributed by atoms with Crippen LogP contribution in [-0.2, 0) is 0 Å². The first kappa shape index (κ1) is 12.5. The molecule has 2 aromatic rings. The van der Waals surface area contributed by atoms with Crippen LogP contribution < -0.4 is 0 Å². The summed E-state index contributed by atoms with van der Waals surface area (Å²) in [4.78, 5) is 0.610. The Labute approximate surface area is 106 Å². The van der Waals surface area contributed by atoms with Crippen LogP contribution in [0.2, 0.25) is 4.34 Å². The third-order valence-corrected chi connectivity index (χ3v) is 4.01. The molecule has 0 saturated carbocycles. The maximum absolute atomic E-state index is 13.0. The number of rotatable bonds is 2. The number of hydrogen-bond acceptors (Lipinski definition) is 2. The van der Waals surface area contributed by atoms with Crippen LogP contribution in [-0.4, -0.2) is 5.11 Å². The lowest BCUT2D eigenvalue weighted by molar-refractivity contribution is 0.223. The van der Waals surface area contributed by atoms with Crippen LogP contribution in [0.25, 0.3) is 0 Å². The molecular weight excluding hydrogens is 266 g/mol. The van der Waals surface area contributed by atoms with E-state index in [1.807, 2.05) is 6.92 Å². The van der Waals surface area contributed by atoms with E-state index < -0.39 is 17.7 Å². The Morgan fingerprint density at radius 2 is 1.94 bits per heavy atom. The summed E-state index contributed by atoms with van der Waals surface area (Å²) in [6, 6.07) is 5.07. The molecule has 1 N–H and O–H groups in total. The molecule has 0 amide bonds. The SMILES string of the molecule is Cc1cc(C(O)c2ccc(F)c(F)c2)sc1Cl. The molecule has 5 heteroatoms. The van der Waals surface area contributed by atoms with Crippen molar-refractivity contribution in [1.82, 2.24) is 0 Å². The van der Waals surface area contributed by atoms with Gasteiger partial charge in [0.25, 0.3) is 0 Å². The molecular formula is C12H9ClF2OS. The Morgan fingerprint density at radius 1 is 1.24 bits per heavy atom. The second-order valence-electron chi connectivity index (χ2n) is 3.68. The number of benzene rings is 1. The minimum atomic E-state index is -0.985. The second kappa shape index (κ2) is 4.72. The fourth-order valence-electron chi connectivity index (χ4n) is 1.47. The summed E-state index contributed by atoms with van der Waals surface area (Å²) in [7, 11) is 0. The highest BCUT2D eigenvalue weighted by molar-refractivity contribution is 7.16. The summed E-state index contributed by atoms with van der Waals surface area (Å²) in [5.74, 6) is -1.90. The predicted octanol–water partition coefficient (Wildman–Crippen LogP) is 4.07. The van der Waals surface area contributed by atoms with Gasteiger partial charge in [0.15, 0.2) is 11.6 Å². The fourth-order valence-corrected chi connectivity index (χ4v) is 2.70. The van der Waals surface area contributed by atoms with Crippen LogP contribution in [0, 0.1) is 18.6 Å². The van der Waals surface area contributed by atoms with E-state index >= 15 is 0 Å². The highest BCUT2D eigenvalue weighted by Crippen LogP contribution is 2.34. The van der Waals surface area contributed by atoms with Crippen molar-refractivity contribution in [2.75, 3.05) is 0 Å². The molecule has 90 valence electrons. The molecule has 1 aromatic carbocycles. The average molecular weight is 275 g/mol. The third kappa shape index (κ3) is 2.49. The highest BCUT2D eigenvalue weighted by atomic mass is 35.5. The van der Waals surface area contributed by atoms with Crippen molar-refractivity contribution < 1.29 is 13.9 Å². The first-order chi connectivity index (χ1) is 7.99. The molecule has 2 rings (SSSR count). The van der Waals surface area contributed by atoms with E-state index in [0.29, 0.717) is 14.8 Å². The van der Waals surface area contributed by atoms with Crippen LogP contribution in [0.4, 0.5) is 8.78 Å². The van der Waals surface area contributed by atoms with Crippen molar-refractivity contribution in [1.29, 1.82) is 0 Å². The molecule has 1 nitrogen and oxygen atoms in total. The Balaban J connectivity index is 2.36. The van der Waals surface area contributed by atoms with E-state index in [2.05, 4.69) is 0 Å². The fraction of sp³-hybridized carbons (Fsp3) is 0.167. The Hall–Kier alpha value is -0.970. The molecule has 0 bridgehead atoms. The molecule has 0 fully saturated rings. The van der Waals surface area contributed by atoms with Gasteiger partial charge in [-0.3, -0.25) is 0 Å². The van der Waals surface area contributed by atoms with Gasteiger partial charge in [-0.05, 0) is 36.2 Å². The Morgan fingerprint density at radius 3 is 2.47 bits per heavy atom. The molecule has 0 radical (unpaired) electrons. The summed E-state index contributed by atoms with van der Waals surface area (Å²) < 4.78 is 26.4. The van der Waals surface area contributed by atoms with Crippen LogP contribution >= 0.6 is 22.9 Å². The van der Waals surface area contributed by atoms with E-state index in [-0.39, 0.29) is 0 Å². The van der Waals surface area contributed by atoms with Crippen molar-refractivity contribution in [2.24, 2.45) is 0 Å². The van der Waals surface area contributed by atoms with Gasteiger partial charge in [-0.25, -0.2) is 8.78 Å². The zero-order valence-corrected chi connectivity index (χ0v) is 10.4. The molecule has 1 unspecified atom stereocenters. The monoisotopic (exact) mass is 274 g/mol. The van der Waals surface area contributed by atoms with E-state index in [1.165, 1.54) is 17.4 Å². The normalized spacial score (nSPS) is 12.8. The lowest BCUT2D eigenvalue weighted by Gasteiger charge is -2.08. The molecule has 0 aliphatic carbocycles. The molecule has 1 heterocycles. The molecule has 17 heavy (non-hydrogen) atoms. The molecule has 1 atom stereocenters. The molecule has 0 saturated heterocycles. The van der Waals surface area contributed by atoms with Crippen molar-refractivity contribution >= 4 is 22.9 Å². The topological polar surface area (TPSA) is 20.2 Å². The van der Waals surface area contributed by atoms with Crippen LogP contribution in [0.5, 0.6) is 0 Å². The minimum Gasteiger partial charge on any atom is -0.383 e. The van der Waals surface area contributed by atoms with Gasteiger partial charge in [-0.1, -0.05) is 17.7 Å². The Kier molecular flexibility index (Phi) is 3.47. The molecule has 0 spiro atoms. The second-order valence-corrected chi connectivity index (χ2v) is 5.37. The van der Waals surface area contributed by atoms with Gasteiger partial charge >= 0.3 is 0 Å². The summed E-state index contributed by atoms with van der Waals surface area (Å²) in [5.41, 5.74) is 1.16. The van der Waals surface area contributed by atoms with Gasteiger partial charge in [-0.15, -0.1) is 11.3 Å². The average Bonchev–Trinajstić information content (AvgIpc) is 2.62. The number of aryl methyl sites for hydroxylation is 1. The Bertz CT molecular complexity index is 534. The number of aliphatic hydroxyl groups excluding tert-OH is 1. The van der Waals surface area contributed by atoms with Crippen LogP contribution in [0.15, 0.2) is 24.3 Å². The van der Waals surface area contributed by atoms with E-state index in [1.54, 1.807) is 6.07 Å². The van der Waals surface area contributed by atoms with Crippen molar-refractivity contribution in [2.45, 2.75) is 13.0 Å². The van der Waals surface area contributed by atoms with Crippen LogP contribution in [0.1, 0.15) is 22.1 Å². The van der Waals surface area contributed by atoms with E-state index in [4.69, 9.17) is 11.6 Å². The maximum atomic E-state index is 13.0. The number of hydrogen-bond donors (Lipinski definition) is 1. The number of halogens is 3. The first-order valence-electron chi connectivity index (χ1n) is 4.88. The highest BCUT2D eigenvalue weighted by Gasteiger charge is 2.16. The van der Waals surface area contributed by atoms with Crippen LogP contribution in [0.3, 0.4) is 0 Å². The van der Waals surface area contributed by atoms with Gasteiger partial charge in [0.1, 0.15) is 6.10 Å². The summed E-state index contributed by atoms with van der Waals surface area (Å²) in [5, 5.41) is 10.0. The molecule has 1 aromatic heterocycles. The predicted molar refractivity (Wildman–Crippen MR) is 64.5 cm³/mol. The van der Waals surface area contributed by atoms with Gasteiger partial charge in [-0.2, -0.15) is 0 Å². The summed E-state index contributed by atoms with van der Waals surface area (Å²) >= 11 is 7.12. The van der Waals surface area contributed by atoms with E-state index in [0.717, 1.165) is 17.7 Å². The lowest BCUT2D eigenvalue weighted by Crippen LogP contribution is -1.98. The zero-order valence-electron chi connectivity index (χ0n) is 8.88. The van der Waals surface area contributed by atoms with Gasteiger partial charge < -0.3 is 5.11 Å². The van der Waals surface area contributed by atoms with Gasteiger partial charge in [0.2, 0.25) is 0 Å². The summed E-state index contributed by atoms with van der Waals surface area (Å²) in [6.45, 7) is 1.82. The standard InChI is InChI=1S/C12H9ClF2OS/c1-6-4-10(17-12(6)13)11(16)7-2-3-8(14)9(15)5-7/h2-5,11,16H,1H3. The van der Waals surface area contributed by atoms with Gasteiger partial charge in [0, 0.05) is 4.88 Å². The van der Waals surface area contributed by atoms with Crippen molar-refractivity contribution in [3.05, 3.63) is 56.2 Å². The third-order valence-electron chi connectivity index (χ3n) is 2.41. The van der Waals surface area contributed by atoms with Gasteiger partial charge in [0.05, 0.1) is 4.34 Å². The van der Waals surface area contributed by atoms with Crippen molar-refractivity contribution in [3.8, 4) is 0 Å². The largest absolute Gasteiger partial charge is 0.383 e. The summed E-state index contributed by atoms with van der Waals surface area (Å²) in [6.07, 6.45) is -0.985. The number of aliphatic hydroxyl groups is 1. The smallest absolute Gasteiger partial charge is 0.159 e. The molecule has 0 aliphatic rings. The van der Waals surface area contributed by atoms with Crippen molar-refractivity contribution in [3.63, 3.8) is 0 Å². The van der Waals surface area contributed by atoms with E-state index in [9.17, 15) is 13.9 Å². The first-order valence-corrected chi connectivity index (χ1v) is 6.07. The molecule has 0 aliphatic heterocycles. The maximum Gasteiger partial charge on any atom is 0.159 e.